The predicted molar refractivity (Wildman–Crippen MR) is 106 cm³/mol. The molecule has 0 aliphatic rings. The second kappa shape index (κ2) is 7.74. The van der Waals surface area contributed by atoms with Gasteiger partial charge < -0.3 is 9.67 Å². The van der Waals surface area contributed by atoms with Crippen LogP contribution in [-0.2, 0) is 17.6 Å². The molecule has 0 bridgehead atoms. The van der Waals surface area contributed by atoms with E-state index in [1.807, 2.05) is 24.3 Å². The monoisotopic (exact) mass is 367 g/mol. The van der Waals surface area contributed by atoms with Crippen molar-refractivity contribution in [1.82, 2.24) is 4.57 Å². The Morgan fingerprint density at radius 3 is 2.58 bits per heavy atom. The molecular formula is C20H21N3O2S. The van der Waals surface area contributed by atoms with Gasteiger partial charge in [0.15, 0.2) is 5.69 Å². The van der Waals surface area contributed by atoms with Gasteiger partial charge in [0.25, 0.3) is 5.91 Å². The van der Waals surface area contributed by atoms with E-state index in [9.17, 15) is 9.90 Å². The number of fused-ring (bicyclic) bond motifs is 1. The fourth-order valence-corrected chi connectivity index (χ4v) is 3.74. The maximum Gasteiger partial charge on any atom is 0.274 e. The minimum atomic E-state index is -0.313. The number of aromatic nitrogens is 1. The number of azo groups is 1. The van der Waals surface area contributed by atoms with E-state index >= 15 is 0 Å². The molecule has 5 nitrogen and oxygen atoms in total. The van der Waals surface area contributed by atoms with Gasteiger partial charge in [-0.3, -0.25) is 4.79 Å². The number of carbonyl (C=O) groups is 1. The lowest BCUT2D eigenvalue weighted by Gasteiger charge is -2.03. The van der Waals surface area contributed by atoms with E-state index in [-0.39, 0.29) is 17.5 Å². The average Bonchev–Trinajstić information content (AvgIpc) is 2.84. The van der Waals surface area contributed by atoms with Gasteiger partial charge in [-0.25, -0.2) is 0 Å². The van der Waals surface area contributed by atoms with Crippen LogP contribution in [0.2, 0.25) is 0 Å². The summed E-state index contributed by atoms with van der Waals surface area (Å²) in [4.78, 5) is 12.0. The summed E-state index contributed by atoms with van der Waals surface area (Å²) in [6.45, 7) is 4.13. The van der Waals surface area contributed by atoms with Gasteiger partial charge in [0.2, 0.25) is 5.88 Å². The fourth-order valence-electron chi connectivity index (χ4n) is 3.00. The zero-order chi connectivity index (χ0) is 18.7. The third-order valence-corrected chi connectivity index (χ3v) is 5.08. The number of hydrogen-bond donors (Lipinski definition) is 1. The molecule has 2 aromatic carbocycles. The quantitative estimate of drug-likeness (QED) is 0.642. The zero-order valence-corrected chi connectivity index (χ0v) is 15.9. The molecular weight excluding hydrogens is 346 g/mol. The van der Waals surface area contributed by atoms with Gasteiger partial charge in [0, 0.05) is 18.2 Å². The Bertz CT molecular complexity index is 972. The molecule has 0 aliphatic carbocycles. The van der Waals surface area contributed by atoms with Crippen molar-refractivity contribution in [3.8, 4) is 5.88 Å². The Morgan fingerprint density at radius 2 is 1.85 bits per heavy atom. The second-order valence-electron chi connectivity index (χ2n) is 6.33. The first-order chi connectivity index (χ1) is 12.5. The largest absolute Gasteiger partial charge is 0.493 e. The van der Waals surface area contributed by atoms with E-state index in [0.29, 0.717) is 5.69 Å². The topological polar surface area (TPSA) is 66.9 Å². The molecule has 0 fully saturated rings. The molecule has 0 unspecified atom stereocenters. The van der Waals surface area contributed by atoms with Crippen LogP contribution < -0.4 is 0 Å². The minimum Gasteiger partial charge on any atom is -0.493 e. The highest BCUT2D eigenvalue weighted by atomic mass is 32.2. The summed E-state index contributed by atoms with van der Waals surface area (Å²) in [5.41, 5.74) is 4.81. The Hall–Kier alpha value is -2.60. The summed E-state index contributed by atoms with van der Waals surface area (Å²) < 4.78 is 1.63. The van der Waals surface area contributed by atoms with Gasteiger partial charge in [-0.1, -0.05) is 47.5 Å². The number of benzene rings is 2. The molecule has 6 heteroatoms. The Labute approximate surface area is 156 Å². The zero-order valence-electron chi connectivity index (χ0n) is 15.1. The number of thioether (sulfide) groups is 1. The van der Waals surface area contributed by atoms with Crippen molar-refractivity contribution in [3.05, 3.63) is 59.2 Å². The molecule has 134 valence electrons. The second-order valence-corrected chi connectivity index (χ2v) is 7.32. The number of rotatable bonds is 5. The van der Waals surface area contributed by atoms with E-state index in [0.717, 1.165) is 16.7 Å². The van der Waals surface area contributed by atoms with Crippen LogP contribution in [0.15, 0.2) is 52.7 Å². The van der Waals surface area contributed by atoms with E-state index < -0.39 is 0 Å². The number of aryl methyl sites for hydroxylation is 3. The molecule has 1 amide bonds. The lowest BCUT2D eigenvalue weighted by molar-refractivity contribution is -0.115. The van der Waals surface area contributed by atoms with Crippen molar-refractivity contribution >= 4 is 34.3 Å². The molecule has 0 saturated carbocycles. The summed E-state index contributed by atoms with van der Waals surface area (Å²) in [5.74, 6) is 0.697. The average molecular weight is 367 g/mol. The van der Waals surface area contributed by atoms with Gasteiger partial charge in [0.05, 0.1) is 11.3 Å². The van der Waals surface area contributed by atoms with Gasteiger partial charge in [0.1, 0.15) is 0 Å². The first kappa shape index (κ1) is 18.2. The number of hydrogen-bond acceptors (Lipinski definition) is 4. The Balaban J connectivity index is 1.64. The van der Waals surface area contributed by atoms with E-state index in [1.54, 1.807) is 11.6 Å². The molecule has 0 radical (unpaired) electrons. The molecule has 3 rings (SSSR count). The highest BCUT2D eigenvalue weighted by Crippen LogP contribution is 2.37. The molecule has 0 saturated heterocycles. The van der Waals surface area contributed by atoms with Crippen molar-refractivity contribution < 1.29 is 9.90 Å². The van der Waals surface area contributed by atoms with Gasteiger partial charge in [-0.15, -0.1) is 22.0 Å². The summed E-state index contributed by atoms with van der Waals surface area (Å²) in [6.07, 6.45) is 0. The lowest BCUT2D eigenvalue weighted by Crippen LogP contribution is -1.96. The number of nitrogens with zero attached hydrogens (tertiary/aromatic N) is 3. The number of amides is 1. The van der Waals surface area contributed by atoms with Crippen LogP contribution in [0.3, 0.4) is 0 Å². The van der Waals surface area contributed by atoms with Crippen molar-refractivity contribution in [1.29, 1.82) is 0 Å². The first-order valence-corrected chi connectivity index (χ1v) is 9.47. The van der Waals surface area contributed by atoms with Gasteiger partial charge >= 0.3 is 0 Å². The normalized spacial score (nSPS) is 11.5. The molecule has 26 heavy (non-hydrogen) atoms. The maximum atomic E-state index is 12.0. The third kappa shape index (κ3) is 3.96. The Kier molecular flexibility index (Phi) is 5.42. The van der Waals surface area contributed by atoms with Crippen LogP contribution in [0, 0.1) is 13.8 Å². The van der Waals surface area contributed by atoms with Crippen LogP contribution in [0.5, 0.6) is 5.88 Å². The smallest absolute Gasteiger partial charge is 0.274 e. The van der Waals surface area contributed by atoms with Gasteiger partial charge in [-0.2, -0.15) is 0 Å². The van der Waals surface area contributed by atoms with Crippen LogP contribution in [0.25, 0.3) is 10.9 Å². The van der Waals surface area contributed by atoms with E-state index in [2.05, 4.69) is 42.3 Å². The minimum absolute atomic E-state index is 0.00522. The summed E-state index contributed by atoms with van der Waals surface area (Å²) in [6, 6.07) is 13.9. The number of carbonyl (C=O) groups excluding carboxylic acids is 1. The number of aromatic hydroxyl groups is 1. The van der Waals surface area contributed by atoms with Gasteiger partial charge in [-0.05, 0) is 25.5 Å². The highest BCUT2D eigenvalue weighted by Gasteiger charge is 2.14. The lowest BCUT2D eigenvalue weighted by atomic mass is 10.1. The maximum absolute atomic E-state index is 12.0. The van der Waals surface area contributed by atoms with Crippen molar-refractivity contribution in [2.75, 3.05) is 5.75 Å². The molecule has 1 heterocycles. The molecule has 1 aromatic heterocycles. The van der Waals surface area contributed by atoms with Crippen molar-refractivity contribution in [2.24, 2.45) is 17.3 Å². The number of para-hydroxylation sites is 1. The molecule has 0 spiro atoms. The predicted octanol–water partition coefficient (Wildman–Crippen LogP) is 5.04. The Morgan fingerprint density at radius 1 is 1.15 bits per heavy atom. The fraction of sp³-hybridized carbons (Fsp3) is 0.250. The molecule has 1 N–H and O–H groups in total. The van der Waals surface area contributed by atoms with Crippen LogP contribution in [0.4, 0.5) is 5.69 Å². The summed E-state index contributed by atoms with van der Waals surface area (Å²) >= 11 is 1.51. The highest BCUT2D eigenvalue weighted by molar-refractivity contribution is 7.99. The summed E-state index contributed by atoms with van der Waals surface area (Å²) in [5, 5.41) is 18.8. The van der Waals surface area contributed by atoms with Crippen LogP contribution in [-0.4, -0.2) is 21.3 Å². The SMILES string of the molecule is Cc1cc(C)cc(CSCC(=O)N=Nc2c(O)n(C)c3ccccc23)c1. The van der Waals surface area contributed by atoms with Crippen molar-refractivity contribution in [3.63, 3.8) is 0 Å². The summed E-state index contributed by atoms with van der Waals surface area (Å²) in [7, 11) is 1.75. The van der Waals surface area contributed by atoms with Crippen molar-refractivity contribution in [2.45, 2.75) is 19.6 Å². The first-order valence-electron chi connectivity index (χ1n) is 8.31. The van der Waals surface area contributed by atoms with Crippen LogP contribution in [0.1, 0.15) is 16.7 Å². The van der Waals surface area contributed by atoms with Crippen LogP contribution >= 0.6 is 11.8 Å². The van der Waals surface area contributed by atoms with E-state index in [4.69, 9.17) is 0 Å². The standard InChI is InChI=1S/C20H21N3O2S/c1-13-8-14(2)10-15(9-13)11-26-12-18(24)21-22-19-16-6-4-5-7-17(16)23(3)20(19)25/h4-10,25H,11-12H2,1-3H3. The molecule has 0 aliphatic heterocycles. The molecule has 3 aromatic rings. The molecule has 0 atom stereocenters. The third-order valence-electron chi connectivity index (χ3n) is 4.09. The van der Waals surface area contributed by atoms with E-state index in [1.165, 1.54) is 28.5 Å².